The van der Waals surface area contributed by atoms with Crippen LogP contribution in [0.15, 0.2) is 12.1 Å². The fourth-order valence-corrected chi connectivity index (χ4v) is 1.40. The minimum atomic E-state index is 0.424. The summed E-state index contributed by atoms with van der Waals surface area (Å²) in [5.41, 5.74) is 6.20. The Kier molecular flexibility index (Phi) is 4.40. The molecule has 1 heterocycles. The molecule has 1 rings (SSSR count). The summed E-state index contributed by atoms with van der Waals surface area (Å²) in [4.78, 5) is 6.29. The first kappa shape index (κ1) is 12.1. The van der Waals surface area contributed by atoms with Crippen molar-refractivity contribution in [3.05, 3.63) is 12.1 Å². The second-order valence-corrected chi connectivity index (χ2v) is 3.26. The van der Waals surface area contributed by atoms with Crippen molar-refractivity contribution in [3.63, 3.8) is 0 Å². The van der Waals surface area contributed by atoms with Crippen LogP contribution in [0.2, 0.25) is 0 Å². The Morgan fingerprint density at radius 2 is 2.31 bits per heavy atom. The number of hydrogen-bond donors (Lipinski definition) is 1. The molecule has 5 heteroatoms. The highest BCUT2D eigenvalue weighted by atomic mass is 16.5. The van der Waals surface area contributed by atoms with Crippen molar-refractivity contribution in [3.8, 4) is 11.9 Å². The van der Waals surface area contributed by atoms with Gasteiger partial charge < -0.3 is 15.4 Å². The molecule has 0 saturated heterocycles. The Morgan fingerprint density at radius 3 is 2.88 bits per heavy atom. The van der Waals surface area contributed by atoms with Gasteiger partial charge in [-0.15, -0.1) is 0 Å². The highest BCUT2D eigenvalue weighted by Gasteiger charge is 2.08. The lowest BCUT2D eigenvalue weighted by molar-refractivity contribution is 0.400. The van der Waals surface area contributed by atoms with Gasteiger partial charge in [0, 0.05) is 13.1 Å². The summed E-state index contributed by atoms with van der Waals surface area (Å²) in [5.74, 6) is 1.21. The van der Waals surface area contributed by atoms with Crippen molar-refractivity contribution < 1.29 is 4.74 Å². The summed E-state index contributed by atoms with van der Waals surface area (Å²) in [7, 11) is 1.54. The Balaban J connectivity index is 2.88. The lowest BCUT2D eigenvalue weighted by atomic mass is 10.3. The topological polar surface area (TPSA) is 75.2 Å². The Labute approximate surface area is 95.4 Å². The van der Waals surface area contributed by atoms with Crippen molar-refractivity contribution in [2.45, 2.75) is 13.3 Å². The molecule has 0 aromatic carbocycles. The molecule has 2 N–H and O–H groups in total. The van der Waals surface area contributed by atoms with E-state index in [0.29, 0.717) is 24.5 Å². The quantitative estimate of drug-likeness (QED) is 0.812. The zero-order valence-electron chi connectivity index (χ0n) is 9.60. The zero-order chi connectivity index (χ0) is 12.0. The van der Waals surface area contributed by atoms with Crippen LogP contribution in [0.4, 0.5) is 11.5 Å². The molecule has 1 aromatic heterocycles. The minimum Gasteiger partial charge on any atom is -0.479 e. The number of nitrogen functional groups attached to an aromatic ring is 1. The van der Waals surface area contributed by atoms with E-state index in [2.05, 4.69) is 11.1 Å². The molecule has 0 radical (unpaired) electrons. The van der Waals surface area contributed by atoms with E-state index in [1.54, 1.807) is 6.07 Å². The van der Waals surface area contributed by atoms with Crippen molar-refractivity contribution in [1.82, 2.24) is 4.98 Å². The fraction of sp³-hybridized carbons (Fsp3) is 0.455. The number of ether oxygens (including phenoxy) is 1. The van der Waals surface area contributed by atoms with E-state index in [9.17, 15) is 0 Å². The Bertz CT molecular complexity index is 386. The average Bonchev–Trinajstić information content (AvgIpc) is 2.32. The maximum atomic E-state index is 8.56. The molecule has 0 spiro atoms. The summed E-state index contributed by atoms with van der Waals surface area (Å²) in [6.45, 7) is 3.47. The van der Waals surface area contributed by atoms with Crippen LogP contribution in [0.25, 0.3) is 0 Å². The molecule has 0 atom stereocenters. The largest absolute Gasteiger partial charge is 0.479 e. The number of aromatic nitrogens is 1. The first-order chi connectivity index (χ1) is 7.72. The van der Waals surface area contributed by atoms with Crippen LogP contribution in [0, 0.1) is 11.3 Å². The van der Waals surface area contributed by atoms with Crippen molar-refractivity contribution in [1.29, 1.82) is 5.26 Å². The summed E-state index contributed by atoms with van der Waals surface area (Å²) in [5, 5.41) is 8.56. The Hall–Kier alpha value is -1.96. The standard InChI is InChI=1S/C11H16N4O/c1-3-15(8-4-7-12)10-6-5-9(13)11(14-10)16-2/h5-6H,3-4,8,13H2,1-2H3. The third-order valence-electron chi connectivity index (χ3n) is 2.27. The summed E-state index contributed by atoms with van der Waals surface area (Å²) >= 11 is 0. The first-order valence-corrected chi connectivity index (χ1v) is 5.15. The molecule has 0 aliphatic carbocycles. The van der Waals surface area contributed by atoms with E-state index in [1.165, 1.54) is 7.11 Å². The molecule has 0 unspecified atom stereocenters. The third kappa shape index (κ3) is 2.76. The van der Waals surface area contributed by atoms with Gasteiger partial charge in [-0.05, 0) is 19.1 Å². The van der Waals surface area contributed by atoms with Crippen LogP contribution in [-0.4, -0.2) is 25.2 Å². The second-order valence-electron chi connectivity index (χ2n) is 3.26. The molecule has 16 heavy (non-hydrogen) atoms. The smallest absolute Gasteiger partial charge is 0.238 e. The molecule has 0 aliphatic heterocycles. The van der Waals surface area contributed by atoms with Gasteiger partial charge >= 0.3 is 0 Å². The van der Waals surface area contributed by atoms with E-state index in [-0.39, 0.29) is 0 Å². The molecule has 0 amide bonds. The molecule has 0 fully saturated rings. The normalized spacial score (nSPS) is 9.56. The summed E-state index contributed by atoms with van der Waals surface area (Å²) < 4.78 is 5.06. The molecule has 0 saturated carbocycles. The predicted molar refractivity (Wildman–Crippen MR) is 63.3 cm³/mol. The van der Waals surface area contributed by atoms with Gasteiger partial charge in [0.05, 0.1) is 25.3 Å². The molecule has 0 aliphatic rings. The van der Waals surface area contributed by atoms with Gasteiger partial charge in [-0.3, -0.25) is 0 Å². The summed E-state index contributed by atoms with van der Waals surface area (Å²) in [6, 6.07) is 5.71. The van der Waals surface area contributed by atoms with Crippen molar-refractivity contribution in [2.75, 3.05) is 30.8 Å². The fourth-order valence-electron chi connectivity index (χ4n) is 1.40. The van der Waals surface area contributed by atoms with Gasteiger partial charge in [0.2, 0.25) is 5.88 Å². The minimum absolute atomic E-state index is 0.424. The van der Waals surface area contributed by atoms with Gasteiger partial charge in [0.15, 0.2) is 0 Å². The van der Waals surface area contributed by atoms with Crippen molar-refractivity contribution >= 4 is 11.5 Å². The molecule has 1 aromatic rings. The van der Waals surface area contributed by atoms with Crippen LogP contribution in [0.5, 0.6) is 5.88 Å². The van der Waals surface area contributed by atoms with Crippen LogP contribution in [0.3, 0.4) is 0 Å². The zero-order valence-corrected chi connectivity index (χ0v) is 9.60. The van der Waals surface area contributed by atoms with Gasteiger partial charge in [-0.25, -0.2) is 0 Å². The monoisotopic (exact) mass is 220 g/mol. The molecular weight excluding hydrogens is 204 g/mol. The highest BCUT2D eigenvalue weighted by Crippen LogP contribution is 2.22. The number of nitrogens with two attached hydrogens (primary N) is 1. The number of rotatable bonds is 5. The van der Waals surface area contributed by atoms with E-state index in [4.69, 9.17) is 15.7 Å². The maximum absolute atomic E-state index is 8.56. The van der Waals surface area contributed by atoms with Crippen LogP contribution in [-0.2, 0) is 0 Å². The number of methoxy groups -OCH3 is 1. The summed E-state index contributed by atoms with van der Waals surface area (Å²) in [6.07, 6.45) is 0.474. The van der Waals surface area contributed by atoms with Gasteiger partial charge in [0.25, 0.3) is 0 Å². The molecule has 0 bridgehead atoms. The number of anilines is 2. The number of hydrogen-bond acceptors (Lipinski definition) is 5. The van der Waals surface area contributed by atoms with Crippen LogP contribution < -0.4 is 15.4 Å². The van der Waals surface area contributed by atoms with Crippen molar-refractivity contribution in [2.24, 2.45) is 0 Å². The molecule has 5 nitrogen and oxygen atoms in total. The van der Waals surface area contributed by atoms with E-state index >= 15 is 0 Å². The number of pyridine rings is 1. The lowest BCUT2D eigenvalue weighted by Gasteiger charge is -2.21. The SMILES string of the molecule is CCN(CCC#N)c1ccc(N)c(OC)n1. The van der Waals surface area contributed by atoms with E-state index < -0.39 is 0 Å². The van der Waals surface area contributed by atoms with E-state index in [0.717, 1.165) is 12.4 Å². The van der Waals surface area contributed by atoms with E-state index in [1.807, 2.05) is 17.9 Å². The van der Waals surface area contributed by atoms with Crippen LogP contribution in [0.1, 0.15) is 13.3 Å². The van der Waals surface area contributed by atoms with Crippen LogP contribution >= 0.6 is 0 Å². The van der Waals surface area contributed by atoms with Gasteiger partial charge in [-0.2, -0.15) is 10.2 Å². The lowest BCUT2D eigenvalue weighted by Crippen LogP contribution is -2.24. The molecular formula is C11H16N4O. The van der Waals surface area contributed by atoms with Gasteiger partial charge in [0.1, 0.15) is 5.82 Å². The second kappa shape index (κ2) is 5.81. The third-order valence-corrected chi connectivity index (χ3v) is 2.27. The average molecular weight is 220 g/mol. The highest BCUT2D eigenvalue weighted by molar-refractivity contribution is 5.54. The first-order valence-electron chi connectivity index (χ1n) is 5.15. The Morgan fingerprint density at radius 1 is 1.56 bits per heavy atom. The van der Waals surface area contributed by atoms with Gasteiger partial charge in [-0.1, -0.05) is 0 Å². The number of nitrogens with zero attached hydrogens (tertiary/aromatic N) is 3. The number of nitriles is 1. The molecule has 86 valence electrons. The maximum Gasteiger partial charge on any atom is 0.238 e. The predicted octanol–water partition coefficient (Wildman–Crippen LogP) is 1.41.